The topological polar surface area (TPSA) is 61.5 Å². The van der Waals surface area contributed by atoms with Gasteiger partial charge in [0.05, 0.1) is 17.9 Å². The van der Waals surface area contributed by atoms with Crippen molar-refractivity contribution >= 4 is 11.7 Å². The smallest absolute Gasteiger partial charge is 0.339 e. The van der Waals surface area contributed by atoms with Crippen LogP contribution in [0.2, 0.25) is 0 Å². The van der Waals surface area contributed by atoms with Gasteiger partial charge in [0.2, 0.25) is 0 Å². The fraction of sp³-hybridized carbons (Fsp3) is 0.357. The lowest BCUT2D eigenvalue weighted by Crippen LogP contribution is -2.08. The summed E-state index contributed by atoms with van der Waals surface area (Å²) in [6.45, 7) is 4.61. The number of carbonyl (C=O) groups excluding carboxylic acids is 1. The molecule has 0 bridgehead atoms. The second kappa shape index (κ2) is 6.55. The molecule has 0 aliphatic carbocycles. The van der Waals surface area contributed by atoms with Crippen LogP contribution in [0.3, 0.4) is 0 Å². The van der Waals surface area contributed by atoms with Crippen LogP contribution >= 0.6 is 0 Å². The first-order valence-corrected chi connectivity index (χ1v) is 5.67. The molecule has 0 aromatic heterocycles. The van der Waals surface area contributed by atoms with Crippen LogP contribution in [0.1, 0.15) is 24.2 Å². The van der Waals surface area contributed by atoms with Crippen LogP contribution < -0.4 is 10.5 Å². The maximum absolute atomic E-state index is 11.5. The standard InChI is InChI=1S/C14H17NO3/c1-4-7-17-14(16)11-5-6-13(12(15)8-11)18-9-10(2)3/h1,5-6,8,10H,7,9,15H2,2-3H3. The van der Waals surface area contributed by atoms with E-state index >= 15 is 0 Å². The summed E-state index contributed by atoms with van der Waals surface area (Å²) in [6.07, 6.45) is 5.00. The Morgan fingerprint density at radius 3 is 2.78 bits per heavy atom. The molecule has 0 fully saturated rings. The first-order valence-electron chi connectivity index (χ1n) is 5.67. The molecule has 0 saturated heterocycles. The zero-order valence-corrected chi connectivity index (χ0v) is 10.6. The number of anilines is 1. The average Bonchev–Trinajstić information content (AvgIpc) is 2.34. The number of hydrogen-bond donors (Lipinski definition) is 1. The number of hydrogen-bond acceptors (Lipinski definition) is 4. The average molecular weight is 247 g/mol. The minimum atomic E-state index is -0.491. The van der Waals surface area contributed by atoms with E-state index in [0.717, 1.165) is 0 Å². The lowest BCUT2D eigenvalue weighted by Gasteiger charge is -2.11. The second-order valence-electron chi connectivity index (χ2n) is 4.24. The molecule has 18 heavy (non-hydrogen) atoms. The number of rotatable bonds is 5. The molecule has 0 heterocycles. The number of carbonyl (C=O) groups is 1. The van der Waals surface area contributed by atoms with E-state index < -0.39 is 5.97 Å². The van der Waals surface area contributed by atoms with Crippen LogP contribution in [-0.4, -0.2) is 19.2 Å². The third-order valence-corrected chi connectivity index (χ3v) is 2.10. The number of nitrogens with two attached hydrogens (primary N) is 1. The Kier molecular flexibility index (Phi) is 5.06. The largest absolute Gasteiger partial charge is 0.491 e. The maximum atomic E-state index is 11.5. The highest BCUT2D eigenvalue weighted by molar-refractivity contribution is 5.91. The summed E-state index contributed by atoms with van der Waals surface area (Å²) in [4.78, 5) is 11.5. The van der Waals surface area contributed by atoms with Crippen molar-refractivity contribution in [3.8, 4) is 18.1 Å². The Bertz CT molecular complexity index is 461. The van der Waals surface area contributed by atoms with Crippen molar-refractivity contribution in [1.82, 2.24) is 0 Å². The van der Waals surface area contributed by atoms with Gasteiger partial charge in [-0.05, 0) is 24.1 Å². The van der Waals surface area contributed by atoms with Crippen LogP contribution in [0, 0.1) is 18.3 Å². The Hall–Kier alpha value is -2.15. The third kappa shape index (κ3) is 4.02. The van der Waals surface area contributed by atoms with Gasteiger partial charge >= 0.3 is 5.97 Å². The van der Waals surface area contributed by atoms with Crippen LogP contribution in [-0.2, 0) is 4.74 Å². The summed E-state index contributed by atoms with van der Waals surface area (Å²) in [5.74, 6) is 2.71. The van der Waals surface area contributed by atoms with Crippen molar-refractivity contribution in [1.29, 1.82) is 0 Å². The summed E-state index contributed by atoms with van der Waals surface area (Å²) < 4.78 is 10.3. The molecule has 1 aromatic carbocycles. The van der Waals surface area contributed by atoms with Crippen molar-refractivity contribution in [2.75, 3.05) is 18.9 Å². The van der Waals surface area contributed by atoms with E-state index in [0.29, 0.717) is 29.5 Å². The number of terminal acetylenes is 1. The first kappa shape index (κ1) is 13.9. The normalized spacial score (nSPS) is 9.89. The van der Waals surface area contributed by atoms with Crippen LogP contribution in [0.25, 0.3) is 0 Å². The van der Waals surface area contributed by atoms with Crippen LogP contribution in [0.15, 0.2) is 18.2 Å². The van der Waals surface area contributed by atoms with E-state index in [1.807, 2.05) is 13.8 Å². The predicted molar refractivity (Wildman–Crippen MR) is 70.3 cm³/mol. The maximum Gasteiger partial charge on any atom is 0.339 e. The second-order valence-corrected chi connectivity index (χ2v) is 4.24. The molecule has 0 unspecified atom stereocenters. The monoisotopic (exact) mass is 247 g/mol. The summed E-state index contributed by atoms with van der Waals surface area (Å²) in [6, 6.07) is 4.78. The fourth-order valence-electron chi connectivity index (χ4n) is 1.25. The highest BCUT2D eigenvalue weighted by atomic mass is 16.5. The molecule has 2 N–H and O–H groups in total. The van der Waals surface area contributed by atoms with E-state index in [1.165, 1.54) is 6.07 Å². The van der Waals surface area contributed by atoms with E-state index in [-0.39, 0.29) is 6.61 Å². The molecule has 4 heteroatoms. The van der Waals surface area contributed by atoms with Gasteiger partial charge in [0, 0.05) is 0 Å². The number of nitrogen functional groups attached to an aromatic ring is 1. The van der Waals surface area contributed by atoms with Crippen molar-refractivity contribution in [3.63, 3.8) is 0 Å². The predicted octanol–water partition coefficient (Wildman–Crippen LogP) is 2.09. The SMILES string of the molecule is C#CCOC(=O)c1ccc(OCC(C)C)c(N)c1. The van der Waals surface area contributed by atoms with Crippen LogP contribution in [0.5, 0.6) is 5.75 Å². The molecule has 0 radical (unpaired) electrons. The fourth-order valence-corrected chi connectivity index (χ4v) is 1.25. The lowest BCUT2D eigenvalue weighted by molar-refractivity contribution is 0.0557. The lowest BCUT2D eigenvalue weighted by atomic mass is 10.2. The van der Waals surface area contributed by atoms with Crippen LogP contribution in [0.4, 0.5) is 5.69 Å². The molecular weight excluding hydrogens is 230 g/mol. The Labute approximate surface area is 107 Å². The highest BCUT2D eigenvalue weighted by Crippen LogP contribution is 2.23. The third-order valence-electron chi connectivity index (χ3n) is 2.10. The van der Waals surface area contributed by atoms with Gasteiger partial charge in [-0.25, -0.2) is 4.79 Å². The molecule has 4 nitrogen and oxygen atoms in total. The zero-order valence-electron chi connectivity index (χ0n) is 10.6. The van der Waals surface area contributed by atoms with Crippen molar-refractivity contribution in [2.24, 2.45) is 5.92 Å². The molecule has 0 saturated carbocycles. The van der Waals surface area contributed by atoms with Gasteiger partial charge in [-0.15, -0.1) is 6.42 Å². The molecule has 1 rings (SSSR count). The minimum Gasteiger partial charge on any atom is -0.491 e. The van der Waals surface area contributed by atoms with Gasteiger partial charge < -0.3 is 15.2 Å². The Morgan fingerprint density at radius 2 is 2.22 bits per heavy atom. The molecular formula is C14H17NO3. The summed E-state index contributed by atoms with van der Waals surface area (Å²) in [5, 5.41) is 0. The number of esters is 1. The van der Waals surface area contributed by atoms with E-state index in [2.05, 4.69) is 5.92 Å². The number of ether oxygens (including phenoxy) is 2. The van der Waals surface area contributed by atoms with E-state index in [9.17, 15) is 4.79 Å². The van der Waals surface area contributed by atoms with Gasteiger partial charge in [-0.3, -0.25) is 0 Å². The minimum absolute atomic E-state index is 0.0513. The van der Waals surface area contributed by atoms with E-state index in [1.54, 1.807) is 12.1 Å². The van der Waals surface area contributed by atoms with Crippen molar-refractivity contribution in [2.45, 2.75) is 13.8 Å². The van der Waals surface area contributed by atoms with E-state index in [4.69, 9.17) is 21.6 Å². The zero-order chi connectivity index (χ0) is 13.5. The molecule has 0 amide bonds. The molecule has 0 aliphatic rings. The molecule has 0 spiro atoms. The van der Waals surface area contributed by atoms with Gasteiger partial charge in [0.15, 0.2) is 6.61 Å². The van der Waals surface area contributed by atoms with Gasteiger partial charge in [-0.1, -0.05) is 19.8 Å². The quantitative estimate of drug-likeness (QED) is 0.491. The van der Waals surface area contributed by atoms with Crippen molar-refractivity contribution < 1.29 is 14.3 Å². The van der Waals surface area contributed by atoms with Gasteiger partial charge in [0.25, 0.3) is 0 Å². The highest BCUT2D eigenvalue weighted by Gasteiger charge is 2.10. The Morgan fingerprint density at radius 1 is 1.50 bits per heavy atom. The molecule has 0 atom stereocenters. The summed E-state index contributed by atoms with van der Waals surface area (Å²) in [5.41, 5.74) is 6.57. The molecule has 0 aliphatic heterocycles. The molecule has 1 aromatic rings. The van der Waals surface area contributed by atoms with Gasteiger partial charge in [-0.2, -0.15) is 0 Å². The molecule has 96 valence electrons. The first-order chi connectivity index (χ1) is 8.54. The van der Waals surface area contributed by atoms with Crippen molar-refractivity contribution in [3.05, 3.63) is 23.8 Å². The Balaban J connectivity index is 2.73. The summed E-state index contributed by atoms with van der Waals surface area (Å²) >= 11 is 0. The van der Waals surface area contributed by atoms with Gasteiger partial charge in [0.1, 0.15) is 5.75 Å². The number of benzene rings is 1. The summed E-state index contributed by atoms with van der Waals surface area (Å²) in [7, 11) is 0.